The number of nitrogens with zero attached hydrogens (tertiary/aromatic N) is 1. The van der Waals surface area contributed by atoms with Crippen LogP contribution in [-0.4, -0.2) is 24.0 Å². The molecule has 4 rings (SSSR count). The Bertz CT molecular complexity index is 1140. The number of pyridine rings is 1. The van der Waals surface area contributed by atoms with Gasteiger partial charge >= 0.3 is 5.97 Å². The Balaban J connectivity index is 1.40. The van der Waals surface area contributed by atoms with Gasteiger partial charge in [-0.2, -0.15) is 0 Å². The second-order valence-corrected chi connectivity index (χ2v) is 8.52. The molecule has 0 unspecified atom stereocenters. The van der Waals surface area contributed by atoms with Gasteiger partial charge in [-0.1, -0.05) is 13.0 Å². The van der Waals surface area contributed by atoms with Crippen LogP contribution in [0.15, 0.2) is 54.7 Å². The monoisotopic (exact) mass is 434 g/mol. The van der Waals surface area contributed by atoms with E-state index in [1.165, 1.54) is 13.2 Å². The molecule has 2 aromatic carbocycles. The molecule has 6 heteroatoms. The van der Waals surface area contributed by atoms with Crippen molar-refractivity contribution in [3.63, 3.8) is 0 Å². The molecule has 0 bridgehead atoms. The predicted octanol–water partition coefficient (Wildman–Crippen LogP) is 5.71. The van der Waals surface area contributed by atoms with E-state index in [-0.39, 0.29) is 23.6 Å². The SMILES string of the molecule is COC(=O)c1cccc(NC(=O)[C@H](C)[C@H]2CC[C@@H](c3ccnc4ccc(F)cc43)CC2)c1. The summed E-state index contributed by atoms with van der Waals surface area (Å²) in [5.41, 5.74) is 2.95. The standard InChI is InChI=1S/C26H27FN2O3/c1-16(25(30)29-21-5-3-4-19(14-21)26(31)32-2)17-6-8-18(9-7-17)22-12-13-28-24-11-10-20(27)15-23(22)24/h3-5,10-18H,6-9H2,1-2H3,(H,29,30)/t16-,17-,18+/m1/s1. The maximum absolute atomic E-state index is 13.8. The number of carbonyl (C=O) groups is 2. The van der Waals surface area contributed by atoms with Crippen LogP contribution in [0.3, 0.4) is 0 Å². The summed E-state index contributed by atoms with van der Waals surface area (Å²) in [5.74, 6) is -0.264. The largest absolute Gasteiger partial charge is 0.465 e. The first-order valence-corrected chi connectivity index (χ1v) is 11.0. The van der Waals surface area contributed by atoms with Gasteiger partial charge in [-0.25, -0.2) is 9.18 Å². The van der Waals surface area contributed by atoms with Crippen molar-refractivity contribution in [2.24, 2.45) is 11.8 Å². The number of anilines is 1. The Morgan fingerprint density at radius 2 is 1.88 bits per heavy atom. The van der Waals surface area contributed by atoms with Gasteiger partial charge < -0.3 is 10.1 Å². The number of fused-ring (bicyclic) bond motifs is 1. The summed E-state index contributed by atoms with van der Waals surface area (Å²) in [6.45, 7) is 1.96. The van der Waals surface area contributed by atoms with Crippen molar-refractivity contribution in [1.82, 2.24) is 4.98 Å². The molecular weight excluding hydrogens is 407 g/mol. The van der Waals surface area contributed by atoms with E-state index in [2.05, 4.69) is 10.3 Å². The number of methoxy groups -OCH3 is 1. The maximum Gasteiger partial charge on any atom is 0.337 e. The van der Waals surface area contributed by atoms with Crippen LogP contribution in [0.2, 0.25) is 0 Å². The van der Waals surface area contributed by atoms with Gasteiger partial charge in [0.2, 0.25) is 5.91 Å². The van der Waals surface area contributed by atoms with Gasteiger partial charge in [-0.3, -0.25) is 9.78 Å². The lowest BCUT2D eigenvalue weighted by atomic mass is 9.73. The van der Waals surface area contributed by atoms with Crippen molar-refractivity contribution < 1.29 is 18.7 Å². The molecule has 0 aliphatic heterocycles. The average molecular weight is 435 g/mol. The topological polar surface area (TPSA) is 68.3 Å². The number of hydrogen-bond acceptors (Lipinski definition) is 4. The molecule has 166 valence electrons. The van der Waals surface area contributed by atoms with E-state index in [1.54, 1.807) is 42.6 Å². The van der Waals surface area contributed by atoms with E-state index in [1.807, 2.05) is 13.0 Å². The number of aromatic nitrogens is 1. The van der Waals surface area contributed by atoms with Crippen molar-refractivity contribution in [3.8, 4) is 0 Å². The predicted molar refractivity (Wildman–Crippen MR) is 122 cm³/mol. The summed E-state index contributed by atoms with van der Waals surface area (Å²) in [5, 5.41) is 3.82. The van der Waals surface area contributed by atoms with Crippen LogP contribution >= 0.6 is 0 Å². The van der Waals surface area contributed by atoms with E-state index in [0.29, 0.717) is 17.2 Å². The third-order valence-corrected chi connectivity index (χ3v) is 6.62. The molecule has 1 amide bonds. The number of ether oxygens (including phenoxy) is 1. The molecule has 32 heavy (non-hydrogen) atoms. The van der Waals surface area contributed by atoms with Gasteiger partial charge in [0.15, 0.2) is 0 Å². The third-order valence-electron chi connectivity index (χ3n) is 6.62. The molecule has 0 saturated heterocycles. The summed E-state index contributed by atoms with van der Waals surface area (Å²) in [6.07, 6.45) is 5.56. The van der Waals surface area contributed by atoms with Gasteiger partial charge in [-0.15, -0.1) is 0 Å². The summed E-state index contributed by atoms with van der Waals surface area (Å²) in [6, 6.07) is 13.5. The van der Waals surface area contributed by atoms with Crippen molar-refractivity contribution in [3.05, 3.63) is 71.7 Å². The highest BCUT2D eigenvalue weighted by Crippen LogP contribution is 2.41. The van der Waals surface area contributed by atoms with Crippen LogP contribution in [-0.2, 0) is 9.53 Å². The number of carbonyl (C=O) groups excluding carboxylic acids is 2. The fourth-order valence-corrected chi connectivity index (χ4v) is 4.74. The fourth-order valence-electron chi connectivity index (χ4n) is 4.74. The number of rotatable bonds is 5. The molecule has 1 saturated carbocycles. The number of esters is 1. The van der Waals surface area contributed by atoms with Crippen molar-refractivity contribution in [2.75, 3.05) is 12.4 Å². The number of amides is 1. The number of hydrogen-bond donors (Lipinski definition) is 1. The Morgan fingerprint density at radius 1 is 1.09 bits per heavy atom. The van der Waals surface area contributed by atoms with E-state index < -0.39 is 5.97 Å². The Hall–Kier alpha value is -3.28. The summed E-state index contributed by atoms with van der Waals surface area (Å²) >= 11 is 0. The molecule has 1 aliphatic rings. The first-order valence-electron chi connectivity index (χ1n) is 11.0. The van der Waals surface area contributed by atoms with Crippen molar-refractivity contribution in [2.45, 2.75) is 38.5 Å². The van der Waals surface area contributed by atoms with Crippen molar-refractivity contribution in [1.29, 1.82) is 0 Å². The highest BCUT2D eigenvalue weighted by molar-refractivity contribution is 5.95. The van der Waals surface area contributed by atoms with Crippen LogP contribution in [0.4, 0.5) is 10.1 Å². The lowest BCUT2D eigenvalue weighted by Crippen LogP contribution is -2.29. The smallest absolute Gasteiger partial charge is 0.337 e. The quantitative estimate of drug-likeness (QED) is 0.522. The molecule has 1 heterocycles. The Labute approximate surface area is 187 Å². The molecule has 1 aliphatic carbocycles. The highest BCUT2D eigenvalue weighted by atomic mass is 19.1. The van der Waals surface area contributed by atoms with E-state index in [4.69, 9.17) is 4.74 Å². The van der Waals surface area contributed by atoms with Crippen LogP contribution in [0.25, 0.3) is 10.9 Å². The molecule has 1 N–H and O–H groups in total. The second-order valence-electron chi connectivity index (χ2n) is 8.52. The normalized spacial score (nSPS) is 19.3. The first kappa shape index (κ1) is 21.9. The van der Waals surface area contributed by atoms with Gasteiger partial charge in [-0.05, 0) is 85.5 Å². The fraction of sp³-hybridized carbons (Fsp3) is 0.346. The minimum absolute atomic E-state index is 0.0492. The summed E-state index contributed by atoms with van der Waals surface area (Å²) < 4.78 is 18.6. The molecule has 1 fully saturated rings. The van der Waals surface area contributed by atoms with Crippen LogP contribution in [0, 0.1) is 17.7 Å². The van der Waals surface area contributed by atoms with E-state index in [9.17, 15) is 14.0 Å². The zero-order chi connectivity index (χ0) is 22.7. The Kier molecular flexibility index (Phi) is 6.49. The minimum Gasteiger partial charge on any atom is -0.465 e. The first-order chi connectivity index (χ1) is 15.5. The highest BCUT2D eigenvalue weighted by Gasteiger charge is 2.30. The molecular formula is C26H27FN2O3. The van der Waals surface area contributed by atoms with Gasteiger partial charge in [0.05, 0.1) is 18.2 Å². The zero-order valence-corrected chi connectivity index (χ0v) is 18.3. The number of benzene rings is 2. The van der Waals surface area contributed by atoms with Crippen LogP contribution in [0.5, 0.6) is 0 Å². The molecule has 1 atom stereocenters. The maximum atomic E-state index is 13.8. The lowest BCUT2D eigenvalue weighted by Gasteiger charge is -2.32. The van der Waals surface area contributed by atoms with E-state index >= 15 is 0 Å². The van der Waals surface area contributed by atoms with Gasteiger partial charge in [0, 0.05) is 23.2 Å². The molecule has 1 aromatic heterocycles. The zero-order valence-electron chi connectivity index (χ0n) is 18.3. The summed E-state index contributed by atoms with van der Waals surface area (Å²) in [7, 11) is 1.33. The van der Waals surface area contributed by atoms with Crippen LogP contribution in [0.1, 0.15) is 54.4 Å². The molecule has 0 radical (unpaired) electrons. The average Bonchev–Trinajstić information content (AvgIpc) is 2.83. The summed E-state index contributed by atoms with van der Waals surface area (Å²) in [4.78, 5) is 28.9. The van der Waals surface area contributed by atoms with Gasteiger partial charge in [0.25, 0.3) is 0 Å². The molecule has 0 spiro atoms. The number of halogens is 1. The van der Waals surface area contributed by atoms with Crippen LogP contribution < -0.4 is 5.32 Å². The second kappa shape index (κ2) is 9.47. The molecule has 5 nitrogen and oxygen atoms in total. The lowest BCUT2D eigenvalue weighted by molar-refractivity contribution is -0.121. The Morgan fingerprint density at radius 3 is 2.62 bits per heavy atom. The number of nitrogens with one attached hydrogen (secondary N) is 1. The van der Waals surface area contributed by atoms with Crippen molar-refractivity contribution >= 4 is 28.5 Å². The minimum atomic E-state index is -0.434. The molecule has 3 aromatic rings. The third kappa shape index (κ3) is 4.64. The van der Waals surface area contributed by atoms with Gasteiger partial charge in [0.1, 0.15) is 5.82 Å². The van der Waals surface area contributed by atoms with E-state index in [0.717, 1.165) is 42.1 Å².